The second kappa shape index (κ2) is 8.28. The van der Waals surface area contributed by atoms with Gasteiger partial charge in [0, 0.05) is 19.6 Å². The molecule has 1 saturated carbocycles. The lowest BCUT2D eigenvalue weighted by Gasteiger charge is -2.18. The first kappa shape index (κ1) is 15.3. The van der Waals surface area contributed by atoms with Gasteiger partial charge >= 0.3 is 0 Å². The molecule has 1 aromatic rings. The highest BCUT2D eigenvalue weighted by molar-refractivity contribution is 5.28. The van der Waals surface area contributed by atoms with E-state index in [2.05, 4.69) is 35.5 Å². The number of rotatable bonds is 8. The summed E-state index contributed by atoms with van der Waals surface area (Å²) in [5.74, 6) is 1.87. The fourth-order valence-electron chi connectivity index (χ4n) is 2.95. The van der Waals surface area contributed by atoms with Gasteiger partial charge in [-0.05, 0) is 50.0 Å². The third-order valence-electron chi connectivity index (χ3n) is 4.16. The predicted octanol–water partition coefficient (Wildman–Crippen LogP) is 2.91. The van der Waals surface area contributed by atoms with E-state index in [9.17, 15) is 0 Å². The van der Waals surface area contributed by atoms with Gasteiger partial charge < -0.3 is 15.0 Å². The summed E-state index contributed by atoms with van der Waals surface area (Å²) in [6, 6.07) is 8.32. The van der Waals surface area contributed by atoms with Crippen molar-refractivity contribution in [3.05, 3.63) is 29.8 Å². The summed E-state index contributed by atoms with van der Waals surface area (Å²) in [7, 11) is 3.90. The lowest BCUT2D eigenvalue weighted by molar-refractivity contribution is 0.319. The van der Waals surface area contributed by atoms with Crippen LogP contribution in [0.2, 0.25) is 0 Å². The number of benzene rings is 1. The summed E-state index contributed by atoms with van der Waals surface area (Å²) in [5.41, 5.74) is 1.31. The van der Waals surface area contributed by atoms with Gasteiger partial charge in [0.25, 0.3) is 0 Å². The Hall–Kier alpha value is -1.06. The fourth-order valence-corrected chi connectivity index (χ4v) is 2.95. The molecule has 1 aromatic carbocycles. The Labute approximate surface area is 123 Å². The lowest BCUT2D eigenvalue weighted by atomic mass is 10.1. The van der Waals surface area contributed by atoms with Crippen molar-refractivity contribution >= 4 is 0 Å². The molecule has 0 atom stereocenters. The maximum atomic E-state index is 5.26. The van der Waals surface area contributed by atoms with E-state index in [1.54, 1.807) is 7.11 Å². The average molecular weight is 276 g/mol. The number of nitrogens with zero attached hydrogens (tertiary/aromatic N) is 1. The molecule has 0 spiro atoms. The van der Waals surface area contributed by atoms with Gasteiger partial charge in [0.1, 0.15) is 5.75 Å². The molecule has 0 aromatic heterocycles. The van der Waals surface area contributed by atoms with Gasteiger partial charge in [0.05, 0.1) is 7.11 Å². The van der Waals surface area contributed by atoms with E-state index in [4.69, 9.17) is 4.74 Å². The first-order chi connectivity index (χ1) is 9.78. The van der Waals surface area contributed by atoms with E-state index < -0.39 is 0 Å². The summed E-state index contributed by atoms with van der Waals surface area (Å²) < 4.78 is 5.26. The minimum absolute atomic E-state index is 0.929. The van der Waals surface area contributed by atoms with Crippen molar-refractivity contribution in [1.82, 2.24) is 10.2 Å². The minimum atomic E-state index is 0.929. The van der Waals surface area contributed by atoms with E-state index >= 15 is 0 Å². The number of hydrogen-bond donors (Lipinski definition) is 1. The van der Waals surface area contributed by atoms with Crippen molar-refractivity contribution in [2.45, 2.75) is 32.2 Å². The maximum absolute atomic E-state index is 5.26. The second-order valence-corrected chi connectivity index (χ2v) is 5.94. The highest BCUT2D eigenvalue weighted by Gasteiger charge is 2.13. The molecular formula is C17H28N2O. The van der Waals surface area contributed by atoms with Gasteiger partial charge in [0.15, 0.2) is 0 Å². The zero-order valence-electron chi connectivity index (χ0n) is 12.9. The second-order valence-electron chi connectivity index (χ2n) is 5.94. The molecule has 3 nitrogen and oxygen atoms in total. The van der Waals surface area contributed by atoms with Crippen molar-refractivity contribution in [3.63, 3.8) is 0 Å². The Balaban J connectivity index is 1.62. The van der Waals surface area contributed by atoms with E-state index in [0.717, 1.165) is 31.3 Å². The maximum Gasteiger partial charge on any atom is 0.119 e. The van der Waals surface area contributed by atoms with E-state index in [-0.39, 0.29) is 0 Å². The molecule has 3 heteroatoms. The smallest absolute Gasteiger partial charge is 0.119 e. The van der Waals surface area contributed by atoms with Crippen LogP contribution in [0.1, 0.15) is 31.2 Å². The number of ether oxygens (including phenoxy) is 1. The molecule has 1 aliphatic carbocycles. The molecule has 0 unspecified atom stereocenters. The Kier molecular flexibility index (Phi) is 6.34. The van der Waals surface area contributed by atoms with Gasteiger partial charge in [-0.3, -0.25) is 0 Å². The summed E-state index contributed by atoms with van der Waals surface area (Å²) in [6.45, 7) is 4.34. The van der Waals surface area contributed by atoms with Crippen LogP contribution in [0.15, 0.2) is 24.3 Å². The topological polar surface area (TPSA) is 24.5 Å². The van der Waals surface area contributed by atoms with E-state index in [1.165, 1.54) is 37.8 Å². The third kappa shape index (κ3) is 5.14. The highest BCUT2D eigenvalue weighted by Crippen LogP contribution is 2.23. The summed E-state index contributed by atoms with van der Waals surface area (Å²) in [5, 5.41) is 3.60. The van der Waals surface area contributed by atoms with Crippen LogP contribution >= 0.6 is 0 Å². The Morgan fingerprint density at radius 3 is 2.85 bits per heavy atom. The zero-order valence-corrected chi connectivity index (χ0v) is 12.9. The number of hydrogen-bond acceptors (Lipinski definition) is 3. The Bertz CT molecular complexity index is 388. The van der Waals surface area contributed by atoms with Crippen LogP contribution in [0.25, 0.3) is 0 Å². The molecule has 1 aliphatic rings. The highest BCUT2D eigenvalue weighted by atomic mass is 16.5. The van der Waals surface area contributed by atoms with Crippen LogP contribution in [0, 0.1) is 5.92 Å². The zero-order chi connectivity index (χ0) is 14.2. The first-order valence-corrected chi connectivity index (χ1v) is 7.80. The Morgan fingerprint density at radius 2 is 2.10 bits per heavy atom. The van der Waals surface area contributed by atoms with Gasteiger partial charge in [-0.25, -0.2) is 0 Å². The SMILES string of the molecule is COc1cccc(CN(C)CCNCC2CCCC2)c1. The molecule has 0 heterocycles. The van der Waals surface area contributed by atoms with Crippen LogP contribution in [0.3, 0.4) is 0 Å². The third-order valence-corrected chi connectivity index (χ3v) is 4.16. The summed E-state index contributed by atoms with van der Waals surface area (Å²) in [4.78, 5) is 2.36. The van der Waals surface area contributed by atoms with Gasteiger partial charge in [-0.2, -0.15) is 0 Å². The molecule has 2 rings (SSSR count). The van der Waals surface area contributed by atoms with Gasteiger partial charge in [-0.15, -0.1) is 0 Å². The summed E-state index contributed by atoms with van der Waals surface area (Å²) >= 11 is 0. The molecule has 112 valence electrons. The van der Waals surface area contributed by atoms with Crippen LogP contribution in [-0.4, -0.2) is 38.7 Å². The summed E-state index contributed by atoms with van der Waals surface area (Å²) in [6.07, 6.45) is 5.71. The van der Waals surface area contributed by atoms with Crippen LogP contribution in [0.4, 0.5) is 0 Å². The molecule has 0 radical (unpaired) electrons. The molecule has 0 aliphatic heterocycles. The molecule has 0 amide bonds. The molecular weight excluding hydrogens is 248 g/mol. The largest absolute Gasteiger partial charge is 0.497 e. The number of methoxy groups -OCH3 is 1. The van der Waals surface area contributed by atoms with Crippen LogP contribution < -0.4 is 10.1 Å². The van der Waals surface area contributed by atoms with Crippen molar-refractivity contribution in [2.75, 3.05) is 33.8 Å². The Morgan fingerprint density at radius 1 is 1.30 bits per heavy atom. The van der Waals surface area contributed by atoms with Gasteiger partial charge in [0.2, 0.25) is 0 Å². The quantitative estimate of drug-likeness (QED) is 0.739. The van der Waals surface area contributed by atoms with Crippen molar-refractivity contribution in [2.24, 2.45) is 5.92 Å². The van der Waals surface area contributed by atoms with Crippen molar-refractivity contribution in [3.8, 4) is 5.75 Å². The molecule has 0 bridgehead atoms. The molecule has 1 fully saturated rings. The normalized spacial score (nSPS) is 15.9. The number of nitrogens with one attached hydrogen (secondary N) is 1. The van der Waals surface area contributed by atoms with Crippen LogP contribution in [-0.2, 0) is 6.54 Å². The van der Waals surface area contributed by atoms with E-state index in [0.29, 0.717) is 0 Å². The molecule has 1 N–H and O–H groups in total. The van der Waals surface area contributed by atoms with E-state index in [1.807, 2.05) is 6.07 Å². The number of likely N-dealkylation sites (N-methyl/N-ethyl adjacent to an activating group) is 1. The molecule has 20 heavy (non-hydrogen) atoms. The van der Waals surface area contributed by atoms with Gasteiger partial charge in [-0.1, -0.05) is 25.0 Å². The van der Waals surface area contributed by atoms with Crippen molar-refractivity contribution < 1.29 is 4.74 Å². The fraction of sp³-hybridized carbons (Fsp3) is 0.647. The predicted molar refractivity (Wildman–Crippen MR) is 84.2 cm³/mol. The molecule has 0 saturated heterocycles. The standard InChI is InChI=1S/C17H28N2O/c1-19(11-10-18-13-15-6-3-4-7-15)14-16-8-5-9-17(12-16)20-2/h5,8-9,12,15,18H,3-4,6-7,10-11,13-14H2,1-2H3. The first-order valence-electron chi connectivity index (χ1n) is 7.80. The minimum Gasteiger partial charge on any atom is -0.497 e. The monoisotopic (exact) mass is 276 g/mol. The average Bonchev–Trinajstić information content (AvgIpc) is 2.97. The lowest BCUT2D eigenvalue weighted by Crippen LogP contribution is -2.31. The van der Waals surface area contributed by atoms with Crippen LogP contribution in [0.5, 0.6) is 5.75 Å². The van der Waals surface area contributed by atoms with Crippen molar-refractivity contribution in [1.29, 1.82) is 0 Å².